The van der Waals surface area contributed by atoms with E-state index >= 15 is 0 Å². The summed E-state index contributed by atoms with van der Waals surface area (Å²) in [4.78, 5) is 19.5. The first-order valence-electron chi connectivity index (χ1n) is 10.2. The molecule has 1 heterocycles. The number of fused-ring (bicyclic) bond motifs is 1. The number of anilines is 2. The molecule has 3 N–H and O–H groups in total. The van der Waals surface area contributed by atoms with Crippen LogP contribution in [0.3, 0.4) is 0 Å². The molecule has 2 aromatic carbocycles. The Morgan fingerprint density at radius 2 is 1.97 bits per heavy atom. The minimum absolute atomic E-state index is 0.255. The lowest BCUT2D eigenvalue weighted by molar-refractivity contribution is -0.118. The first-order chi connectivity index (χ1) is 15.1. The molecule has 0 spiro atoms. The van der Waals surface area contributed by atoms with Crippen LogP contribution in [0.4, 0.5) is 11.5 Å². The van der Waals surface area contributed by atoms with Gasteiger partial charge in [-0.2, -0.15) is 0 Å². The second kappa shape index (κ2) is 10.8. The van der Waals surface area contributed by atoms with Crippen molar-refractivity contribution >= 4 is 28.3 Å². The molecule has 1 amide bonds. The second-order valence-corrected chi connectivity index (χ2v) is 7.07. The van der Waals surface area contributed by atoms with Gasteiger partial charge in [0.25, 0.3) is 0 Å². The number of ether oxygens (including phenoxy) is 2. The van der Waals surface area contributed by atoms with Crippen LogP contribution in [-0.4, -0.2) is 29.6 Å². The number of hydrogen-bond acceptors (Lipinski definition) is 6. The molecule has 0 atom stereocenters. The van der Waals surface area contributed by atoms with Crippen LogP contribution in [-0.2, 0) is 4.79 Å². The van der Waals surface area contributed by atoms with E-state index < -0.39 is 0 Å². The molecule has 7 nitrogen and oxygen atoms in total. The van der Waals surface area contributed by atoms with Gasteiger partial charge in [0.1, 0.15) is 12.1 Å². The normalized spacial score (nSPS) is 10.5. The second-order valence-electron chi connectivity index (χ2n) is 7.07. The molecular weight excluding hydrogens is 392 g/mol. The fourth-order valence-electron chi connectivity index (χ4n) is 3.20. The first-order valence-corrected chi connectivity index (χ1v) is 10.2. The van der Waals surface area contributed by atoms with Crippen LogP contribution in [0.5, 0.6) is 11.5 Å². The molecule has 0 radical (unpaired) electrons. The number of aromatic nitrogens is 2. The summed E-state index contributed by atoms with van der Waals surface area (Å²) in [7, 11) is 1.60. The van der Waals surface area contributed by atoms with Crippen LogP contribution in [0, 0.1) is 12.3 Å². The summed E-state index contributed by atoms with van der Waals surface area (Å²) in [5, 5.41) is 4.12. The van der Waals surface area contributed by atoms with Crippen molar-refractivity contribution in [2.45, 2.75) is 32.1 Å². The SMILES string of the molecule is C#Cc1cccc(Nc2ncnc3cc(OC)c(OCCCCCCC(N)=O)cc23)c1. The smallest absolute Gasteiger partial charge is 0.217 e. The molecule has 1 aromatic heterocycles. The minimum atomic E-state index is -0.255. The van der Waals surface area contributed by atoms with Crippen molar-refractivity contribution < 1.29 is 14.3 Å². The zero-order valence-electron chi connectivity index (χ0n) is 17.6. The molecule has 31 heavy (non-hydrogen) atoms. The van der Waals surface area contributed by atoms with Gasteiger partial charge >= 0.3 is 0 Å². The maximum absolute atomic E-state index is 10.8. The Balaban J connectivity index is 1.73. The number of nitrogens with zero attached hydrogens (tertiary/aromatic N) is 2. The van der Waals surface area contributed by atoms with Gasteiger partial charge < -0.3 is 20.5 Å². The molecule has 0 saturated carbocycles. The monoisotopic (exact) mass is 418 g/mol. The number of rotatable bonds is 11. The molecule has 3 aromatic rings. The first kappa shape index (κ1) is 21.9. The number of amides is 1. The van der Waals surface area contributed by atoms with Crippen molar-refractivity contribution in [1.29, 1.82) is 0 Å². The molecule has 3 rings (SSSR count). The van der Waals surface area contributed by atoms with Crippen molar-refractivity contribution in [3.63, 3.8) is 0 Å². The topological polar surface area (TPSA) is 99.4 Å². The minimum Gasteiger partial charge on any atom is -0.493 e. The van der Waals surface area contributed by atoms with E-state index in [0.717, 1.165) is 47.8 Å². The summed E-state index contributed by atoms with van der Waals surface area (Å²) in [5.74, 6) is 4.26. The summed E-state index contributed by atoms with van der Waals surface area (Å²) >= 11 is 0. The highest BCUT2D eigenvalue weighted by Gasteiger charge is 2.12. The van der Waals surface area contributed by atoms with Gasteiger partial charge in [-0.3, -0.25) is 4.79 Å². The number of benzene rings is 2. The Bertz CT molecular complexity index is 1090. The largest absolute Gasteiger partial charge is 0.493 e. The molecule has 7 heteroatoms. The average molecular weight is 418 g/mol. The summed E-state index contributed by atoms with van der Waals surface area (Å²) in [6, 6.07) is 11.3. The molecule has 160 valence electrons. The van der Waals surface area contributed by atoms with Crippen LogP contribution >= 0.6 is 0 Å². The predicted octanol–water partition coefficient (Wildman–Crippen LogP) is 4.18. The van der Waals surface area contributed by atoms with Gasteiger partial charge in [0, 0.05) is 29.1 Å². The van der Waals surface area contributed by atoms with Gasteiger partial charge in [0.05, 0.1) is 19.2 Å². The van der Waals surface area contributed by atoms with Crippen molar-refractivity contribution in [2.75, 3.05) is 19.0 Å². The van der Waals surface area contributed by atoms with E-state index in [4.69, 9.17) is 21.6 Å². The third kappa shape index (κ3) is 6.09. The van der Waals surface area contributed by atoms with Gasteiger partial charge in [-0.05, 0) is 37.1 Å². The van der Waals surface area contributed by atoms with Gasteiger partial charge in [-0.25, -0.2) is 9.97 Å². The molecule has 0 fully saturated rings. The molecule has 0 saturated heterocycles. The Morgan fingerprint density at radius 1 is 1.13 bits per heavy atom. The number of terminal acetylenes is 1. The molecule has 0 bridgehead atoms. The van der Waals surface area contributed by atoms with E-state index in [9.17, 15) is 4.79 Å². The average Bonchev–Trinajstić information content (AvgIpc) is 2.78. The van der Waals surface area contributed by atoms with E-state index in [1.54, 1.807) is 7.11 Å². The van der Waals surface area contributed by atoms with Gasteiger partial charge in [0.2, 0.25) is 5.91 Å². The highest BCUT2D eigenvalue weighted by atomic mass is 16.5. The van der Waals surface area contributed by atoms with Crippen molar-refractivity contribution in [1.82, 2.24) is 9.97 Å². The summed E-state index contributed by atoms with van der Waals surface area (Å²) in [6.07, 6.45) is 11.0. The van der Waals surface area contributed by atoms with E-state index in [2.05, 4.69) is 21.2 Å². The van der Waals surface area contributed by atoms with Crippen molar-refractivity contribution in [2.24, 2.45) is 5.73 Å². The summed E-state index contributed by atoms with van der Waals surface area (Å²) in [6.45, 7) is 0.541. The molecule has 0 aliphatic heterocycles. The summed E-state index contributed by atoms with van der Waals surface area (Å²) < 4.78 is 11.5. The van der Waals surface area contributed by atoms with Gasteiger partial charge in [-0.15, -0.1) is 6.42 Å². The van der Waals surface area contributed by atoms with Crippen LogP contribution in [0.1, 0.15) is 37.7 Å². The third-order valence-corrected chi connectivity index (χ3v) is 4.79. The molecular formula is C24H26N4O3. The van der Waals surface area contributed by atoms with E-state index in [-0.39, 0.29) is 5.91 Å². The number of nitrogens with one attached hydrogen (secondary N) is 1. The highest BCUT2D eigenvalue weighted by Crippen LogP contribution is 2.35. The Hall–Kier alpha value is -3.79. The molecule has 0 aliphatic carbocycles. The third-order valence-electron chi connectivity index (χ3n) is 4.79. The number of primary amides is 1. The highest BCUT2D eigenvalue weighted by molar-refractivity contribution is 5.93. The maximum Gasteiger partial charge on any atom is 0.217 e. The molecule has 0 aliphatic rings. The predicted molar refractivity (Wildman–Crippen MR) is 122 cm³/mol. The van der Waals surface area contributed by atoms with E-state index in [1.807, 2.05) is 36.4 Å². The van der Waals surface area contributed by atoms with Crippen molar-refractivity contribution in [3.8, 4) is 23.8 Å². The maximum atomic E-state index is 10.8. The number of hydrogen-bond donors (Lipinski definition) is 2. The zero-order valence-corrected chi connectivity index (χ0v) is 17.6. The van der Waals surface area contributed by atoms with E-state index in [1.165, 1.54) is 6.33 Å². The lowest BCUT2D eigenvalue weighted by Crippen LogP contribution is -2.09. The van der Waals surface area contributed by atoms with Crippen LogP contribution in [0.2, 0.25) is 0 Å². The lowest BCUT2D eigenvalue weighted by Gasteiger charge is -2.14. The Kier molecular flexibility index (Phi) is 7.66. The standard InChI is InChI=1S/C24H26N4O3/c1-3-17-9-8-10-18(13-17)28-24-19-14-22(21(30-2)15-20(19)26-16-27-24)31-12-7-5-4-6-11-23(25)29/h1,8-10,13-16H,4-7,11-12H2,2H3,(H2,25,29)(H,26,27,28). The van der Waals surface area contributed by atoms with Gasteiger partial charge in [0.15, 0.2) is 11.5 Å². The number of methoxy groups -OCH3 is 1. The number of unbranched alkanes of at least 4 members (excludes halogenated alkanes) is 3. The zero-order chi connectivity index (χ0) is 22.1. The Morgan fingerprint density at radius 3 is 2.74 bits per heavy atom. The lowest BCUT2D eigenvalue weighted by atomic mass is 10.1. The molecule has 0 unspecified atom stereocenters. The quantitative estimate of drug-likeness (QED) is 0.358. The van der Waals surface area contributed by atoms with Crippen molar-refractivity contribution in [3.05, 3.63) is 48.3 Å². The van der Waals surface area contributed by atoms with Crippen LogP contribution < -0.4 is 20.5 Å². The Labute approximate surface area is 182 Å². The van der Waals surface area contributed by atoms with Crippen LogP contribution in [0.25, 0.3) is 10.9 Å². The fraction of sp³-hybridized carbons (Fsp3) is 0.292. The van der Waals surface area contributed by atoms with Gasteiger partial charge in [-0.1, -0.05) is 24.8 Å². The number of carbonyl (C=O) groups excluding carboxylic acids is 1. The fourth-order valence-corrected chi connectivity index (χ4v) is 3.20. The summed E-state index contributed by atoms with van der Waals surface area (Å²) in [5.41, 5.74) is 7.52. The van der Waals surface area contributed by atoms with E-state index in [0.29, 0.717) is 30.3 Å². The van der Waals surface area contributed by atoms with Crippen LogP contribution in [0.15, 0.2) is 42.7 Å². The number of nitrogens with two attached hydrogens (primary N) is 1. The number of carbonyl (C=O) groups is 1.